The molecule has 16 heavy (non-hydrogen) atoms. The van der Waals surface area contributed by atoms with Gasteiger partial charge in [-0.2, -0.15) is 0 Å². The number of aliphatic carboxylic acids is 1. The van der Waals surface area contributed by atoms with Gasteiger partial charge in [-0.05, 0) is 31.4 Å². The molecule has 0 saturated heterocycles. The average molecular weight is 216 g/mol. The molecule has 0 bridgehead atoms. The summed E-state index contributed by atoms with van der Waals surface area (Å²) in [5, 5.41) is 9.08. The van der Waals surface area contributed by atoms with Crippen LogP contribution >= 0.6 is 0 Å². The molecular weight excluding hydrogens is 200 g/mol. The molecule has 0 saturated carbocycles. The summed E-state index contributed by atoms with van der Waals surface area (Å²) >= 11 is 0. The van der Waals surface area contributed by atoms with Gasteiger partial charge in [0.05, 0.1) is 5.92 Å². The van der Waals surface area contributed by atoms with E-state index in [0.717, 1.165) is 11.1 Å². The zero-order valence-corrected chi connectivity index (χ0v) is 9.66. The topological polar surface area (TPSA) is 37.3 Å². The molecule has 0 radical (unpaired) electrons. The van der Waals surface area contributed by atoms with E-state index in [9.17, 15) is 4.79 Å². The molecule has 0 aliphatic rings. The van der Waals surface area contributed by atoms with Gasteiger partial charge in [0.2, 0.25) is 0 Å². The minimum absolute atomic E-state index is 0.409. The van der Waals surface area contributed by atoms with E-state index >= 15 is 0 Å². The summed E-state index contributed by atoms with van der Waals surface area (Å²) in [6, 6.07) is 7.87. The van der Waals surface area contributed by atoms with E-state index in [-0.39, 0.29) is 0 Å². The van der Waals surface area contributed by atoms with Gasteiger partial charge in [0.25, 0.3) is 0 Å². The molecule has 1 rings (SSSR count). The molecule has 0 fully saturated rings. The Morgan fingerprint density at radius 1 is 1.44 bits per heavy atom. The maximum absolute atomic E-state index is 11.1. The Balaban J connectivity index is 2.78. The van der Waals surface area contributed by atoms with Crippen LogP contribution in [0.1, 0.15) is 24.5 Å². The summed E-state index contributed by atoms with van der Waals surface area (Å²) in [6.45, 7) is 3.73. The van der Waals surface area contributed by atoms with Crippen molar-refractivity contribution in [2.24, 2.45) is 5.92 Å². The van der Waals surface area contributed by atoms with Crippen molar-refractivity contribution < 1.29 is 9.90 Å². The lowest BCUT2D eigenvalue weighted by atomic mass is 9.94. The van der Waals surface area contributed by atoms with Crippen LogP contribution in [0.2, 0.25) is 0 Å². The van der Waals surface area contributed by atoms with Crippen molar-refractivity contribution in [2.45, 2.75) is 26.7 Å². The van der Waals surface area contributed by atoms with Gasteiger partial charge in [0.1, 0.15) is 0 Å². The fraction of sp³-hybridized carbons (Fsp3) is 0.357. The fourth-order valence-corrected chi connectivity index (χ4v) is 1.58. The van der Waals surface area contributed by atoms with Gasteiger partial charge in [-0.25, -0.2) is 0 Å². The van der Waals surface area contributed by atoms with E-state index < -0.39 is 11.9 Å². The fourth-order valence-electron chi connectivity index (χ4n) is 1.58. The van der Waals surface area contributed by atoms with Gasteiger partial charge in [0, 0.05) is 6.42 Å². The normalized spacial score (nSPS) is 11.4. The first-order valence-corrected chi connectivity index (χ1v) is 5.32. The van der Waals surface area contributed by atoms with E-state index in [1.165, 1.54) is 0 Å². The lowest BCUT2D eigenvalue weighted by molar-refractivity contribution is -0.141. The molecule has 0 spiro atoms. The second-order valence-electron chi connectivity index (χ2n) is 3.80. The largest absolute Gasteiger partial charge is 0.481 e. The third-order valence-electron chi connectivity index (χ3n) is 2.60. The van der Waals surface area contributed by atoms with Crippen molar-refractivity contribution in [3.63, 3.8) is 0 Å². The molecule has 1 N–H and O–H groups in total. The molecule has 2 nitrogen and oxygen atoms in total. The molecule has 1 aromatic carbocycles. The number of carboxylic acid groups (broad SMARTS) is 1. The summed E-state index contributed by atoms with van der Waals surface area (Å²) in [7, 11) is 0. The number of rotatable bonds is 4. The molecule has 0 aromatic heterocycles. The maximum atomic E-state index is 11.1. The zero-order valence-electron chi connectivity index (χ0n) is 9.66. The predicted octanol–water partition coefficient (Wildman–Crippen LogP) is 2.65. The Morgan fingerprint density at radius 3 is 2.69 bits per heavy atom. The van der Waals surface area contributed by atoms with E-state index in [1.54, 1.807) is 6.92 Å². The van der Waals surface area contributed by atoms with Crippen molar-refractivity contribution in [3.8, 4) is 11.8 Å². The van der Waals surface area contributed by atoms with Crippen LogP contribution in [0.15, 0.2) is 24.3 Å². The van der Waals surface area contributed by atoms with Crippen LogP contribution in [-0.2, 0) is 11.2 Å². The Hall–Kier alpha value is -1.75. The van der Waals surface area contributed by atoms with Crippen LogP contribution in [-0.4, -0.2) is 11.1 Å². The standard InChI is InChI=1S/C14H16O2/c1-3-4-8-13(14(15)16)10-12-9-6-5-7-11(12)2/h5-7,9,13H,8,10H2,1-2H3,(H,15,16). The monoisotopic (exact) mass is 216 g/mol. The van der Waals surface area contributed by atoms with Gasteiger partial charge >= 0.3 is 5.97 Å². The lowest BCUT2D eigenvalue weighted by Crippen LogP contribution is -2.16. The Kier molecular flexibility index (Phi) is 4.60. The van der Waals surface area contributed by atoms with Crippen LogP contribution in [0.5, 0.6) is 0 Å². The third kappa shape index (κ3) is 3.43. The van der Waals surface area contributed by atoms with Crippen molar-refractivity contribution >= 4 is 5.97 Å². The smallest absolute Gasteiger partial charge is 0.307 e. The first kappa shape index (κ1) is 12.3. The van der Waals surface area contributed by atoms with Crippen molar-refractivity contribution in [3.05, 3.63) is 35.4 Å². The molecule has 2 heteroatoms. The van der Waals surface area contributed by atoms with Gasteiger partial charge in [-0.1, -0.05) is 24.3 Å². The number of carboxylic acids is 1. The van der Waals surface area contributed by atoms with Gasteiger partial charge in [-0.15, -0.1) is 11.8 Å². The summed E-state index contributed by atoms with van der Waals surface area (Å²) in [5.41, 5.74) is 2.23. The van der Waals surface area contributed by atoms with E-state index in [4.69, 9.17) is 5.11 Å². The summed E-state index contributed by atoms with van der Waals surface area (Å²) in [4.78, 5) is 11.1. The van der Waals surface area contributed by atoms with Crippen LogP contribution in [0.4, 0.5) is 0 Å². The summed E-state index contributed by atoms with van der Waals surface area (Å²) in [5.74, 6) is 4.40. The van der Waals surface area contributed by atoms with Gasteiger partial charge in [0.15, 0.2) is 0 Å². The minimum Gasteiger partial charge on any atom is -0.481 e. The SMILES string of the molecule is CC#CCC(Cc1ccccc1C)C(=O)O. The molecule has 0 aliphatic carbocycles. The number of aryl methyl sites for hydroxylation is 1. The van der Waals surface area contributed by atoms with Crippen molar-refractivity contribution in [2.75, 3.05) is 0 Å². The highest BCUT2D eigenvalue weighted by Gasteiger charge is 2.17. The Labute approximate surface area is 96.3 Å². The maximum Gasteiger partial charge on any atom is 0.307 e. The molecule has 1 atom stereocenters. The predicted molar refractivity (Wildman–Crippen MR) is 64.1 cm³/mol. The highest BCUT2D eigenvalue weighted by Crippen LogP contribution is 2.15. The summed E-state index contributed by atoms with van der Waals surface area (Å²) in [6.07, 6.45) is 0.969. The first-order chi connectivity index (χ1) is 7.65. The first-order valence-electron chi connectivity index (χ1n) is 5.32. The van der Waals surface area contributed by atoms with Crippen LogP contribution in [0.3, 0.4) is 0 Å². The van der Waals surface area contributed by atoms with Gasteiger partial charge in [-0.3, -0.25) is 4.79 Å². The highest BCUT2D eigenvalue weighted by molar-refractivity contribution is 5.71. The molecule has 0 heterocycles. The highest BCUT2D eigenvalue weighted by atomic mass is 16.4. The Bertz CT molecular complexity index is 424. The average Bonchev–Trinajstić information content (AvgIpc) is 2.26. The molecule has 1 unspecified atom stereocenters. The third-order valence-corrected chi connectivity index (χ3v) is 2.60. The molecular formula is C14H16O2. The number of benzene rings is 1. The molecule has 1 aromatic rings. The van der Waals surface area contributed by atoms with Crippen LogP contribution in [0, 0.1) is 24.7 Å². The molecule has 0 amide bonds. The van der Waals surface area contributed by atoms with Crippen LogP contribution in [0.25, 0.3) is 0 Å². The lowest BCUT2D eigenvalue weighted by Gasteiger charge is -2.11. The molecule has 0 aliphatic heterocycles. The van der Waals surface area contributed by atoms with E-state index in [0.29, 0.717) is 12.8 Å². The number of carbonyl (C=O) groups is 1. The van der Waals surface area contributed by atoms with Crippen molar-refractivity contribution in [1.29, 1.82) is 0 Å². The quantitative estimate of drug-likeness (QED) is 0.786. The second-order valence-corrected chi connectivity index (χ2v) is 3.80. The zero-order chi connectivity index (χ0) is 12.0. The second kappa shape index (κ2) is 5.97. The Morgan fingerprint density at radius 2 is 2.12 bits per heavy atom. The summed E-state index contributed by atoms with van der Waals surface area (Å²) < 4.78 is 0. The minimum atomic E-state index is -0.772. The van der Waals surface area contributed by atoms with Crippen molar-refractivity contribution in [1.82, 2.24) is 0 Å². The van der Waals surface area contributed by atoms with Crippen LogP contribution < -0.4 is 0 Å². The number of hydrogen-bond acceptors (Lipinski definition) is 1. The van der Waals surface area contributed by atoms with E-state index in [2.05, 4.69) is 11.8 Å². The van der Waals surface area contributed by atoms with Gasteiger partial charge < -0.3 is 5.11 Å². The molecule has 84 valence electrons. The van der Waals surface area contributed by atoms with E-state index in [1.807, 2.05) is 31.2 Å². The number of hydrogen-bond donors (Lipinski definition) is 1.